The Kier molecular flexibility index (Phi) is 3.23. The Morgan fingerprint density at radius 1 is 1.27 bits per heavy atom. The quantitative estimate of drug-likeness (QED) is 0.821. The van der Waals surface area contributed by atoms with Crippen LogP contribution in [0.4, 0.5) is 0 Å². The zero-order valence-corrected chi connectivity index (χ0v) is 9.57. The minimum Gasteiger partial charge on any atom is -0.312 e. The molecule has 78 valence electrons. The average Bonchev–Trinajstić information content (AvgIpc) is 2.62. The topological polar surface area (TPSA) is 32.9 Å². The van der Waals surface area contributed by atoms with Gasteiger partial charge in [0.1, 0.15) is 0 Å². The molecular formula is C11H10ClNOS. The van der Waals surface area contributed by atoms with E-state index in [1.54, 1.807) is 0 Å². The van der Waals surface area contributed by atoms with Crippen molar-refractivity contribution >= 4 is 22.9 Å². The molecule has 2 rings (SSSR count). The molecule has 0 spiro atoms. The van der Waals surface area contributed by atoms with Crippen LogP contribution < -0.4 is 4.87 Å². The van der Waals surface area contributed by atoms with Crippen molar-refractivity contribution in [2.45, 2.75) is 6.42 Å². The van der Waals surface area contributed by atoms with Crippen LogP contribution in [0.25, 0.3) is 11.3 Å². The summed E-state index contributed by atoms with van der Waals surface area (Å²) in [5.41, 5.74) is 1.95. The SMILES string of the molecule is O=c1[nH]c(-c2ccccc2)c(CCCl)s1. The van der Waals surface area contributed by atoms with Gasteiger partial charge in [0.25, 0.3) is 0 Å². The number of alkyl halides is 1. The van der Waals surface area contributed by atoms with Gasteiger partial charge in [0, 0.05) is 10.8 Å². The van der Waals surface area contributed by atoms with Crippen molar-refractivity contribution in [3.05, 3.63) is 44.9 Å². The fourth-order valence-corrected chi connectivity index (χ4v) is 2.61. The third-order valence-corrected chi connectivity index (χ3v) is 3.24. The van der Waals surface area contributed by atoms with Crippen molar-refractivity contribution in [3.63, 3.8) is 0 Å². The monoisotopic (exact) mass is 239 g/mol. The van der Waals surface area contributed by atoms with E-state index in [2.05, 4.69) is 4.98 Å². The first-order chi connectivity index (χ1) is 7.31. The third kappa shape index (κ3) is 2.30. The summed E-state index contributed by atoms with van der Waals surface area (Å²) in [5, 5.41) is 0. The third-order valence-electron chi connectivity index (χ3n) is 2.11. The number of benzene rings is 1. The van der Waals surface area contributed by atoms with E-state index in [1.165, 1.54) is 11.3 Å². The van der Waals surface area contributed by atoms with Crippen LogP contribution >= 0.6 is 22.9 Å². The molecule has 0 bridgehead atoms. The summed E-state index contributed by atoms with van der Waals surface area (Å²) < 4.78 is 0. The van der Waals surface area contributed by atoms with Gasteiger partial charge in [-0.05, 0) is 12.0 Å². The molecule has 0 aliphatic carbocycles. The predicted molar refractivity (Wildman–Crippen MR) is 64.8 cm³/mol. The van der Waals surface area contributed by atoms with E-state index in [0.29, 0.717) is 5.88 Å². The number of aryl methyl sites for hydroxylation is 1. The molecule has 0 saturated heterocycles. The number of halogens is 1. The van der Waals surface area contributed by atoms with Gasteiger partial charge in [0.05, 0.1) is 5.69 Å². The number of thiazole rings is 1. The maximum absolute atomic E-state index is 11.3. The van der Waals surface area contributed by atoms with Gasteiger partial charge in [-0.25, -0.2) is 0 Å². The molecule has 0 saturated carbocycles. The normalized spacial score (nSPS) is 10.5. The average molecular weight is 240 g/mol. The smallest absolute Gasteiger partial charge is 0.305 e. The molecule has 0 fully saturated rings. The van der Waals surface area contributed by atoms with Crippen LogP contribution in [0.15, 0.2) is 35.1 Å². The zero-order chi connectivity index (χ0) is 10.7. The van der Waals surface area contributed by atoms with E-state index in [0.717, 1.165) is 22.6 Å². The highest BCUT2D eigenvalue weighted by molar-refractivity contribution is 7.09. The van der Waals surface area contributed by atoms with Crippen molar-refractivity contribution in [3.8, 4) is 11.3 Å². The minimum atomic E-state index is -0.0195. The number of rotatable bonds is 3. The first kappa shape index (κ1) is 10.5. The minimum absolute atomic E-state index is 0.0195. The highest BCUT2D eigenvalue weighted by atomic mass is 35.5. The molecule has 2 nitrogen and oxygen atoms in total. The van der Waals surface area contributed by atoms with Crippen molar-refractivity contribution in [1.29, 1.82) is 0 Å². The van der Waals surface area contributed by atoms with E-state index >= 15 is 0 Å². The van der Waals surface area contributed by atoms with E-state index in [-0.39, 0.29) is 4.87 Å². The van der Waals surface area contributed by atoms with Crippen molar-refractivity contribution < 1.29 is 0 Å². The van der Waals surface area contributed by atoms with Crippen molar-refractivity contribution in [2.75, 3.05) is 5.88 Å². The van der Waals surface area contributed by atoms with Gasteiger partial charge in [0.2, 0.25) is 0 Å². The maximum Gasteiger partial charge on any atom is 0.305 e. The molecule has 0 atom stereocenters. The van der Waals surface area contributed by atoms with E-state index in [9.17, 15) is 4.79 Å². The molecule has 0 unspecified atom stereocenters. The van der Waals surface area contributed by atoms with Crippen LogP contribution in [0.5, 0.6) is 0 Å². The van der Waals surface area contributed by atoms with Crippen LogP contribution in [0, 0.1) is 0 Å². The van der Waals surface area contributed by atoms with Gasteiger partial charge in [-0.15, -0.1) is 11.6 Å². The fourth-order valence-electron chi connectivity index (χ4n) is 1.46. The van der Waals surface area contributed by atoms with Gasteiger partial charge in [0.15, 0.2) is 0 Å². The van der Waals surface area contributed by atoms with Crippen LogP contribution in [0.1, 0.15) is 4.88 Å². The van der Waals surface area contributed by atoms with E-state index < -0.39 is 0 Å². The second kappa shape index (κ2) is 4.64. The van der Waals surface area contributed by atoms with Gasteiger partial charge < -0.3 is 4.98 Å². The summed E-state index contributed by atoms with van der Waals surface area (Å²) in [6.45, 7) is 0. The van der Waals surface area contributed by atoms with Gasteiger partial charge in [-0.3, -0.25) is 4.79 Å². The van der Waals surface area contributed by atoms with E-state index in [4.69, 9.17) is 11.6 Å². The summed E-state index contributed by atoms with van der Waals surface area (Å²) in [6, 6.07) is 9.83. The van der Waals surface area contributed by atoms with Crippen molar-refractivity contribution in [2.24, 2.45) is 0 Å². The number of hydrogen-bond acceptors (Lipinski definition) is 2. The standard InChI is InChI=1S/C11H10ClNOS/c12-7-6-9-10(13-11(14)15-9)8-4-2-1-3-5-8/h1-5H,6-7H2,(H,13,14). The molecule has 1 heterocycles. The first-order valence-electron chi connectivity index (χ1n) is 4.64. The molecule has 4 heteroatoms. The molecule has 1 N–H and O–H groups in total. The van der Waals surface area contributed by atoms with Crippen LogP contribution in [-0.2, 0) is 6.42 Å². The Hall–Kier alpha value is -1.06. The first-order valence-corrected chi connectivity index (χ1v) is 5.99. The molecule has 1 aromatic heterocycles. The summed E-state index contributed by atoms with van der Waals surface area (Å²) in [6.07, 6.45) is 0.731. The molecule has 0 aliphatic rings. The van der Waals surface area contributed by atoms with Gasteiger partial charge in [-0.1, -0.05) is 41.7 Å². The van der Waals surface area contributed by atoms with Gasteiger partial charge >= 0.3 is 4.87 Å². The second-order valence-electron chi connectivity index (χ2n) is 3.12. The van der Waals surface area contributed by atoms with Crippen molar-refractivity contribution in [1.82, 2.24) is 4.98 Å². The number of aromatic amines is 1. The molecular weight excluding hydrogens is 230 g/mol. The number of nitrogens with one attached hydrogen (secondary N) is 1. The number of aromatic nitrogens is 1. The Bertz CT molecular complexity index is 489. The summed E-state index contributed by atoms with van der Waals surface area (Å²) in [5.74, 6) is 0.535. The lowest BCUT2D eigenvalue weighted by Crippen LogP contribution is -1.92. The molecule has 2 aromatic rings. The Labute approximate surface area is 96.5 Å². The zero-order valence-electron chi connectivity index (χ0n) is 8.00. The molecule has 1 aromatic carbocycles. The number of H-pyrrole nitrogens is 1. The molecule has 0 aliphatic heterocycles. The van der Waals surface area contributed by atoms with Gasteiger partial charge in [-0.2, -0.15) is 0 Å². The summed E-state index contributed by atoms with van der Waals surface area (Å²) in [7, 11) is 0. The largest absolute Gasteiger partial charge is 0.312 e. The lowest BCUT2D eigenvalue weighted by atomic mass is 10.1. The lowest BCUT2D eigenvalue weighted by molar-refractivity contribution is 1.17. The molecule has 0 amide bonds. The molecule has 0 radical (unpaired) electrons. The predicted octanol–water partition coefficient (Wildman–Crippen LogP) is 2.88. The highest BCUT2D eigenvalue weighted by Crippen LogP contribution is 2.23. The number of hydrogen-bond donors (Lipinski definition) is 1. The van der Waals surface area contributed by atoms with Crippen LogP contribution in [0.2, 0.25) is 0 Å². The highest BCUT2D eigenvalue weighted by Gasteiger charge is 2.08. The van der Waals surface area contributed by atoms with Crippen LogP contribution in [-0.4, -0.2) is 10.9 Å². The maximum atomic E-state index is 11.3. The van der Waals surface area contributed by atoms with Crippen LogP contribution in [0.3, 0.4) is 0 Å². The fraction of sp³-hybridized carbons (Fsp3) is 0.182. The second-order valence-corrected chi connectivity index (χ2v) is 4.56. The Morgan fingerprint density at radius 3 is 2.67 bits per heavy atom. The van der Waals surface area contributed by atoms with E-state index in [1.807, 2.05) is 30.3 Å². The lowest BCUT2D eigenvalue weighted by Gasteiger charge is -2.00. The Balaban J connectivity index is 2.48. The summed E-state index contributed by atoms with van der Waals surface area (Å²) in [4.78, 5) is 15.1. The molecule has 15 heavy (non-hydrogen) atoms. The summed E-state index contributed by atoms with van der Waals surface area (Å²) >= 11 is 6.93. The Morgan fingerprint density at radius 2 is 2.00 bits per heavy atom.